The number of nitrogens with two attached hydrogens (primary N) is 1. The van der Waals surface area contributed by atoms with Gasteiger partial charge in [0.2, 0.25) is 16.9 Å². The largest absolute Gasteiger partial charge is 0.497 e. The van der Waals surface area contributed by atoms with Crippen molar-refractivity contribution in [2.75, 3.05) is 13.0 Å². The first-order valence-corrected chi connectivity index (χ1v) is 8.37. The molecule has 0 fully saturated rings. The van der Waals surface area contributed by atoms with E-state index in [-0.39, 0.29) is 5.92 Å². The molecule has 8 nitrogen and oxygen atoms in total. The monoisotopic (exact) mass is 346 g/mol. The fraction of sp³-hybridized carbons (Fsp3) is 0.333. The van der Waals surface area contributed by atoms with Gasteiger partial charge in [0.05, 0.1) is 12.9 Å². The molecule has 0 spiro atoms. The summed E-state index contributed by atoms with van der Waals surface area (Å²) in [5.74, 6) is 9.30. The highest BCUT2D eigenvalue weighted by Gasteiger charge is 2.15. The van der Waals surface area contributed by atoms with Gasteiger partial charge in [-0.25, -0.2) is 4.68 Å². The number of nitrogen functional groups attached to an aromatic ring is 1. The highest BCUT2D eigenvalue weighted by molar-refractivity contribution is 7.98. The summed E-state index contributed by atoms with van der Waals surface area (Å²) in [5, 5.41) is 16.9. The lowest BCUT2D eigenvalue weighted by Gasteiger charge is -2.04. The fourth-order valence-electron chi connectivity index (χ4n) is 2.00. The lowest BCUT2D eigenvalue weighted by atomic mass is 10.2. The molecule has 3 rings (SSSR count). The Morgan fingerprint density at radius 1 is 1.17 bits per heavy atom. The molecule has 0 radical (unpaired) electrons. The van der Waals surface area contributed by atoms with Crippen LogP contribution in [0.3, 0.4) is 0 Å². The second-order valence-electron chi connectivity index (χ2n) is 5.38. The zero-order valence-corrected chi connectivity index (χ0v) is 14.4. The molecule has 2 heterocycles. The number of benzene rings is 1. The lowest BCUT2D eigenvalue weighted by Crippen LogP contribution is -2.11. The van der Waals surface area contributed by atoms with Crippen molar-refractivity contribution in [3.8, 4) is 17.1 Å². The molecule has 0 atom stereocenters. The SMILES string of the molecule is COc1ccc(-c2nnc(SCc3nnc(C(C)C)o3)n2N)cc1. The lowest BCUT2D eigenvalue weighted by molar-refractivity contribution is 0.415. The first-order chi connectivity index (χ1) is 11.6. The van der Waals surface area contributed by atoms with Crippen LogP contribution in [-0.2, 0) is 5.75 Å². The molecule has 126 valence electrons. The smallest absolute Gasteiger partial charge is 0.226 e. The average Bonchev–Trinajstić information content (AvgIpc) is 3.20. The Kier molecular flexibility index (Phi) is 4.70. The molecular formula is C15H18N6O2S. The predicted molar refractivity (Wildman–Crippen MR) is 90.1 cm³/mol. The minimum absolute atomic E-state index is 0.205. The van der Waals surface area contributed by atoms with Gasteiger partial charge in [-0.1, -0.05) is 25.6 Å². The Bertz CT molecular complexity index is 812. The van der Waals surface area contributed by atoms with Crippen molar-refractivity contribution >= 4 is 11.8 Å². The zero-order valence-electron chi connectivity index (χ0n) is 13.6. The number of aromatic nitrogens is 5. The number of hydrogen-bond donors (Lipinski definition) is 1. The molecule has 2 aromatic heterocycles. The van der Waals surface area contributed by atoms with E-state index in [4.69, 9.17) is 15.0 Å². The molecule has 9 heteroatoms. The Balaban J connectivity index is 1.71. The van der Waals surface area contributed by atoms with Crippen LogP contribution in [0.2, 0.25) is 0 Å². The number of ether oxygens (including phenoxy) is 1. The van der Waals surface area contributed by atoms with E-state index in [2.05, 4.69) is 20.4 Å². The summed E-state index contributed by atoms with van der Waals surface area (Å²) in [5.41, 5.74) is 0.859. The van der Waals surface area contributed by atoms with Crippen molar-refractivity contribution in [2.45, 2.75) is 30.7 Å². The van der Waals surface area contributed by atoms with Crippen molar-refractivity contribution < 1.29 is 9.15 Å². The van der Waals surface area contributed by atoms with Gasteiger partial charge in [0.15, 0.2) is 5.82 Å². The molecular weight excluding hydrogens is 328 g/mol. The number of thioether (sulfide) groups is 1. The summed E-state index contributed by atoms with van der Waals surface area (Å²) in [6.45, 7) is 4.00. The predicted octanol–water partition coefficient (Wildman–Crippen LogP) is 2.47. The molecule has 0 unspecified atom stereocenters. The van der Waals surface area contributed by atoms with Crippen molar-refractivity contribution in [2.24, 2.45) is 0 Å². The Hall–Kier alpha value is -2.55. The first kappa shape index (κ1) is 16.3. The van der Waals surface area contributed by atoms with E-state index in [1.807, 2.05) is 38.1 Å². The molecule has 0 aliphatic heterocycles. The van der Waals surface area contributed by atoms with Gasteiger partial charge < -0.3 is 15.0 Å². The number of rotatable bonds is 6. The number of hydrogen-bond acceptors (Lipinski definition) is 8. The van der Waals surface area contributed by atoms with Gasteiger partial charge in [0.25, 0.3) is 0 Å². The van der Waals surface area contributed by atoms with Crippen molar-refractivity contribution in [3.05, 3.63) is 36.0 Å². The van der Waals surface area contributed by atoms with Crippen LogP contribution in [0.25, 0.3) is 11.4 Å². The minimum Gasteiger partial charge on any atom is -0.497 e. The third kappa shape index (κ3) is 3.35. The summed E-state index contributed by atoms with van der Waals surface area (Å²) < 4.78 is 12.2. The molecule has 0 saturated carbocycles. The fourth-order valence-corrected chi connectivity index (χ4v) is 2.69. The van der Waals surface area contributed by atoms with Crippen LogP contribution in [0, 0.1) is 0 Å². The molecule has 0 saturated heterocycles. The Morgan fingerprint density at radius 3 is 2.54 bits per heavy atom. The van der Waals surface area contributed by atoms with E-state index in [1.165, 1.54) is 16.4 Å². The van der Waals surface area contributed by atoms with Gasteiger partial charge in [-0.3, -0.25) is 0 Å². The quantitative estimate of drug-likeness (QED) is 0.536. The Labute approximate surface area is 143 Å². The number of nitrogens with zero attached hydrogens (tertiary/aromatic N) is 5. The minimum atomic E-state index is 0.205. The van der Waals surface area contributed by atoms with Gasteiger partial charge in [-0.15, -0.1) is 20.4 Å². The maximum Gasteiger partial charge on any atom is 0.226 e. The summed E-state index contributed by atoms with van der Waals surface area (Å²) in [4.78, 5) is 0. The molecule has 1 aromatic carbocycles. The molecule has 24 heavy (non-hydrogen) atoms. The van der Waals surface area contributed by atoms with E-state index in [1.54, 1.807) is 7.11 Å². The van der Waals surface area contributed by atoms with E-state index < -0.39 is 0 Å². The number of methoxy groups -OCH3 is 1. The van der Waals surface area contributed by atoms with Gasteiger partial charge >= 0.3 is 0 Å². The second-order valence-corrected chi connectivity index (χ2v) is 6.32. The van der Waals surface area contributed by atoms with E-state index in [0.29, 0.717) is 28.5 Å². The standard InChI is InChI=1S/C15H18N6O2S/c1-9(2)14-19-17-12(23-14)8-24-15-20-18-13(21(15)16)10-4-6-11(22-3)7-5-10/h4-7,9H,8,16H2,1-3H3. The van der Waals surface area contributed by atoms with Crippen LogP contribution < -0.4 is 10.6 Å². The average molecular weight is 346 g/mol. The molecule has 2 N–H and O–H groups in total. The van der Waals surface area contributed by atoms with E-state index in [0.717, 1.165) is 11.3 Å². The van der Waals surface area contributed by atoms with Gasteiger partial charge in [0.1, 0.15) is 5.75 Å². The van der Waals surface area contributed by atoms with Crippen molar-refractivity contribution in [1.29, 1.82) is 0 Å². The Morgan fingerprint density at radius 2 is 1.92 bits per heavy atom. The normalized spacial score (nSPS) is 11.2. The van der Waals surface area contributed by atoms with Crippen molar-refractivity contribution in [3.63, 3.8) is 0 Å². The van der Waals surface area contributed by atoms with E-state index >= 15 is 0 Å². The van der Waals surface area contributed by atoms with Crippen LogP contribution >= 0.6 is 11.8 Å². The van der Waals surface area contributed by atoms with Crippen LogP contribution in [0.4, 0.5) is 0 Å². The highest BCUT2D eigenvalue weighted by atomic mass is 32.2. The second kappa shape index (κ2) is 6.91. The summed E-state index contributed by atoms with van der Waals surface area (Å²) in [6.07, 6.45) is 0. The third-order valence-corrected chi connectivity index (χ3v) is 4.24. The highest BCUT2D eigenvalue weighted by Crippen LogP contribution is 2.25. The first-order valence-electron chi connectivity index (χ1n) is 7.38. The van der Waals surface area contributed by atoms with Crippen LogP contribution in [0.5, 0.6) is 5.75 Å². The molecule has 0 amide bonds. The van der Waals surface area contributed by atoms with Crippen LogP contribution in [-0.4, -0.2) is 32.2 Å². The van der Waals surface area contributed by atoms with E-state index in [9.17, 15) is 0 Å². The molecule has 0 aliphatic carbocycles. The van der Waals surface area contributed by atoms with Crippen molar-refractivity contribution in [1.82, 2.24) is 25.1 Å². The summed E-state index contributed by atoms with van der Waals surface area (Å²) in [7, 11) is 1.62. The summed E-state index contributed by atoms with van der Waals surface area (Å²) in [6, 6.07) is 7.46. The van der Waals surface area contributed by atoms with Crippen LogP contribution in [0.1, 0.15) is 31.5 Å². The molecule has 3 aromatic rings. The van der Waals surface area contributed by atoms with Gasteiger partial charge in [-0.05, 0) is 24.3 Å². The molecule has 0 aliphatic rings. The van der Waals surface area contributed by atoms with Gasteiger partial charge in [-0.2, -0.15) is 0 Å². The van der Waals surface area contributed by atoms with Gasteiger partial charge in [0, 0.05) is 11.5 Å². The van der Waals surface area contributed by atoms with Crippen LogP contribution in [0.15, 0.2) is 33.8 Å². The third-order valence-electron chi connectivity index (χ3n) is 3.31. The maximum absolute atomic E-state index is 6.10. The zero-order chi connectivity index (χ0) is 17.1. The summed E-state index contributed by atoms with van der Waals surface area (Å²) >= 11 is 1.39. The topological polar surface area (TPSA) is 105 Å². The maximum atomic E-state index is 6.10. The molecule has 0 bridgehead atoms.